The fourth-order valence-corrected chi connectivity index (χ4v) is 0.348. The predicted octanol–water partition coefficient (Wildman–Crippen LogP) is -0.318. The Morgan fingerprint density at radius 2 is 2.38 bits per heavy atom. The Labute approximate surface area is 47.9 Å². The molecule has 0 aliphatic carbocycles. The zero-order chi connectivity index (χ0) is 6.24. The highest BCUT2D eigenvalue weighted by atomic mass is 16.3. The summed E-state index contributed by atoms with van der Waals surface area (Å²) in [5, 5.41) is 13.4. The molecule has 4 heteroatoms. The normalized spacial score (nSPS) is 9.12. The number of nitrogens with one attached hydrogen (secondary N) is 1. The number of aliphatic hydroxyl groups is 1. The number of nitroso groups, excluding NO2 is 1. The molecule has 0 aromatic carbocycles. The maximum absolute atomic E-state index is 9.43. The van der Waals surface area contributed by atoms with E-state index in [9.17, 15) is 4.91 Å². The summed E-state index contributed by atoms with van der Waals surface area (Å²) in [6, 6.07) is 0. The van der Waals surface area contributed by atoms with Gasteiger partial charge in [-0.2, -0.15) is 4.91 Å². The van der Waals surface area contributed by atoms with Gasteiger partial charge in [0.15, 0.2) is 0 Å². The molecule has 0 heterocycles. The van der Waals surface area contributed by atoms with Crippen LogP contribution in [0.25, 0.3) is 0 Å². The van der Waals surface area contributed by atoms with E-state index in [-0.39, 0.29) is 6.73 Å². The summed E-state index contributed by atoms with van der Waals surface area (Å²) in [6.45, 7) is 0.952. The Bertz CT molecular complexity index is 58.0. The van der Waals surface area contributed by atoms with Crippen LogP contribution in [0.2, 0.25) is 0 Å². The van der Waals surface area contributed by atoms with Gasteiger partial charge in [0, 0.05) is 0 Å². The Kier molecular flexibility index (Phi) is 6.13. The van der Waals surface area contributed by atoms with E-state index in [1.54, 1.807) is 0 Å². The van der Waals surface area contributed by atoms with Crippen molar-refractivity contribution in [3.63, 3.8) is 0 Å². The zero-order valence-corrected chi connectivity index (χ0v) is 4.63. The molecule has 0 aromatic heterocycles. The van der Waals surface area contributed by atoms with E-state index in [1.165, 1.54) is 0 Å². The van der Waals surface area contributed by atoms with E-state index < -0.39 is 0 Å². The van der Waals surface area contributed by atoms with Crippen LogP contribution in [0.4, 0.5) is 0 Å². The van der Waals surface area contributed by atoms with E-state index in [0.717, 1.165) is 0 Å². The fourth-order valence-electron chi connectivity index (χ4n) is 0.348. The summed E-state index contributed by atoms with van der Waals surface area (Å²) >= 11 is 0. The van der Waals surface area contributed by atoms with Crippen LogP contribution in [0.5, 0.6) is 0 Å². The molecule has 0 rings (SSSR count). The monoisotopic (exact) mass is 118 g/mol. The van der Waals surface area contributed by atoms with E-state index in [2.05, 4.69) is 10.5 Å². The van der Waals surface area contributed by atoms with Crippen LogP contribution in [0, 0.1) is 4.91 Å². The highest BCUT2D eigenvalue weighted by molar-refractivity contribution is 4.44. The minimum Gasteiger partial charge on any atom is -0.381 e. The highest BCUT2D eigenvalue weighted by Gasteiger charge is 1.82. The molecule has 0 unspecified atom stereocenters. The number of hydrogen-bond donors (Lipinski definition) is 2. The maximum atomic E-state index is 9.43. The van der Waals surface area contributed by atoms with Crippen molar-refractivity contribution in [1.82, 2.24) is 5.32 Å². The van der Waals surface area contributed by atoms with Crippen LogP contribution in [0.3, 0.4) is 0 Å². The largest absolute Gasteiger partial charge is 0.381 e. The van der Waals surface area contributed by atoms with Gasteiger partial charge in [-0.25, -0.2) is 0 Å². The summed E-state index contributed by atoms with van der Waals surface area (Å²) in [5.74, 6) is 0. The second kappa shape index (κ2) is 6.52. The van der Waals surface area contributed by atoms with Gasteiger partial charge in [0.1, 0.15) is 0 Å². The van der Waals surface area contributed by atoms with Crippen molar-refractivity contribution < 1.29 is 5.11 Å². The van der Waals surface area contributed by atoms with Crippen molar-refractivity contribution in [3.8, 4) is 0 Å². The summed E-state index contributed by atoms with van der Waals surface area (Å²) in [6.07, 6.45) is 0.698. The summed E-state index contributed by atoms with van der Waals surface area (Å²) in [7, 11) is 0. The zero-order valence-electron chi connectivity index (χ0n) is 4.63. The molecule has 0 atom stereocenters. The first-order valence-corrected chi connectivity index (χ1v) is 2.52. The Hall–Kier alpha value is -0.480. The van der Waals surface area contributed by atoms with Crippen LogP contribution >= 0.6 is 0 Å². The van der Waals surface area contributed by atoms with Crippen molar-refractivity contribution in [2.24, 2.45) is 5.18 Å². The van der Waals surface area contributed by atoms with Crippen LogP contribution in [0.1, 0.15) is 6.42 Å². The molecule has 0 aliphatic rings. The number of hydrogen-bond acceptors (Lipinski definition) is 4. The topological polar surface area (TPSA) is 61.7 Å². The minimum atomic E-state index is -0.0289. The Morgan fingerprint density at radius 3 is 2.88 bits per heavy atom. The molecule has 2 N–H and O–H groups in total. The highest BCUT2D eigenvalue weighted by Crippen LogP contribution is 1.74. The van der Waals surface area contributed by atoms with Crippen molar-refractivity contribution in [3.05, 3.63) is 4.91 Å². The van der Waals surface area contributed by atoms with Crippen molar-refractivity contribution in [2.45, 2.75) is 6.42 Å². The standard InChI is InChI=1S/C4H10N2O2/c7-4-5-2-1-3-6-8/h5,7H,1-4H2. The average molecular weight is 118 g/mol. The van der Waals surface area contributed by atoms with Crippen molar-refractivity contribution in [2.75, 3.05) is 19.8 Å². The second-order valence-corrected chi connectivity index (χ2v) is 1.36. The Morgan fingerprint density at radius 1 is 1.62 bits per heavy atom. The lowest BCUT2D eigenvalue weighted by Crippen LogP contribution is -2.16. The predicted molar refractivity (Wildman–Crippen MR) is 30.4 cm³/mol. The fraction of sp³-hybridized carbons (Fsp3) is 1.00. The molecular weight excluding hydrogens is 108 g/mol. The van der Waals surface area contributed by atoms with Gasteiger partial charge in [-0.15, -0.1) is 0 Å². The first-order valence-electron chi connectivity index (χ1n) is 2.52. The quantitative estimate of drug-likeness (QED) is 0.295. The van der Waals surface area contributed by atoms with Gasteiger partial charge in [-0.3, -0.25) is 5.32 Å². The number of rotatable bonds is 5. The molecule has 0 aliphatic heterocycles. The molecule has 0 saturated heterocycles. The van der Waals surface area contributed by atoms with Gasteiger partial charge in [0.2, 0.25) is 0 Å². The smallest absolute Gasteiger partial charge is 0.0931 e. The maximum Gasteiger partial charge on any atom is 0.0931 e. The molecule has 0 fully saturated rings. The molecule has 0 amide bonds. The Balaban J connectivity index is 2.62. The van der Waals surface area contributed by atoms with Crippen LogP contribution in [-0.2, 0) is 0 Å². The van der Waals surface area contributed by atoms with Gasteiger partial charge in [0.25, 0.3) is 0 Å². The third-order valence-electron chi connectivity index (χ3n) is 0.715. The van der Waals surface area contributed by atoms with Gasteiger partial charge in [-0.05, 0) is 13.0 Å². The summed E-state index contributed by atoms with van der Waals surface area (Å²) in [4.78, 5) is 9.43. The third-order valence-corrected chi connectivity index (χ3v) is 0.715. The summed E-state index contributed by atoms with van der Waals surface area (Å²) < 4.78 is 0. The molecule has 0 saturated carbocycles. The molecule has 0 radical (unpaired) electrons. The lowest BCUT2D eigenvalue weighted by Gasteiger charge is -1.93. The molecule has 8 heavy (non-hydrogen) atoms. The van der Waals surface area contributed by atoms with E-state index in [1.807, 2.05) is 0 Å². The first-order chi connectivity index (χ1) is 3.91. The van der Waals surface area contributed by atoms with E-state index >= 15 is 0 Å². The molecular formula is C4H10N2O2. The first kappa shape index (κ1) is 7.52. The molecule has 4 nitrogen and oxygen atoms in total. The van der Waals surface area contributed by atoms with Crippen molar-refractivity contribution >= 4 is 0 Å². The lowest BCUT2D eigenvalue weighted by atomic mass is 10.4. The summed E-state index contributed by atoms with van der Waals surface area (Å²) in [5.41, 5.74) is 0. The minimum absolute atomic E-state index is 0.0289. The molecule has 0 spiro atoms. The van der Waals surface area contributed by atoms with Crippen LogP contribution in [-0.4, -0.2) is 24.9 Å². The molecule has 0 aromatic rings. The van der Waals surface area contributed by atoms with Gasteiger partial charge < -0.3 is 5.11 Å². The van der Waals surface area contributed by atoms with Crippen molar-refractivity contribution in [1.29, 1.82) is 0 Å². The molecule has 0 bridgehead atoms. The number of aliphatic hydroxyl groups excluding tert-OH is 1. The van der Waals surface area contributed by atoms with Gasteiger partial charge >= 0.3 is 0 Å². The van der Waals surface area contributed by atoms with Crippen LogP contribution in [0.15, 0.2) is 5.18 Å². The van der Waals surface area contributed by atoms with E-state index in [4.69, 9.17) is 5.11 Å². The third kappa shape index (κ3) is 5.52. The van der Waals surface area contributed by atoms with E-state index in [0.29, 0.717) is 19.5 Å². The SMILES string of the molecule is O=NCCCNCO. The lowest BCUT2D eigenvalue weighted by molar-refractivity contribution is 0.261. The molecule has 48 valence electrons. The average Bonchev–Trinajstić information content (AvgIpc) is 1.81. The van der Waals surface area contributed by atoms with Crippen LogP contribution < -0.4 is 5.32 Å². The number of nitrogens with zero attached hydrogens (tertiary/aromatic N) is 1. The van der Waals surface area contributed by atoms with Gasteiger partial charge in [0.05, 0.1) is 13.3 Å². The van der Waals surface area contributed by atoms with Gasteiger partial charge in [-0.1, -0.05) is 5.18 Å². The second-order valence-electron chi connectivity index (χ2n) is 1.36.